The van der Waals surface area contributed by atoms with Gasteiger partial charge in [0.15, 0.2) is 0 Å². The minimum Gasteiger partial charge on any atom is -0.380 e. The number of hydrogen-bond acceptors (Lipinski definition) is 2. The van der Waals surface area contributed by atoms with Gasteiger partial charge in [-0.1, -0.05) is 34.5 Å². The Balaban J connectivity index is 2.12. The fraction of sp³-hybridized carbons (Fsp3) is 0.571. The molecule has 1 N–H and O–H groups in total. The van der Waals surface area contributed by atoms with Crippen molar-refractivity contribution in [3.05, 3.63) is 33.8 Å². The molecule has 1 aromatic carbocycles. The van der Waals surface area contributed by atoms with Gasteiger partial charge in [-0.2, -0.15) is 0 Å². The van der Waals surface area contributed by atoms with E-state index in [1.165, 1.54) is 34.9 Å². The van der Waals surface area contributed by atoms with Gasteiger partial charge in [-0.05, 0) is 43.0 Å². The van der Waals surface area contributed by atoms with E-state index in [4.69, 9.17) is 4.74 Å². The summed E-state index contributed by atoms with van der Waals surface area (Å²) in [5.41, 5.74) is 2.70. The lowest BCUT2D eigenvalue weighted by atomic mass is 9.95. The molecule has 1 aliphatic rings. The molecule has 0 saturated carbocycles. The van der Waals surface area contributed by atoms with Gasteiger partial charge in [-0.15, -0.1) is 0 Å². The minimum absolute atomic E-state index is 0.623. The molecule has 0 radical (unpaired) electrons. The van der Waals surface area contributed by atoms with Crippen molar-refractivity contribution in [2.24, 2.45) is 0 Å². The van der Waals surface area contributed by atoms with Crippen LogP contribution in [0.15, 0.2) is 22.7 Å². The van der Waals surface area contributed by atoms with Crippen LogP contribution < -0.4 is 5.32 Å². The molecule has 1 unspecified atom stereocenters. The van der Waals surface area contributed by atoms with Crippen LogP contribution in [0.2, 0.25) is 0 Å². The van der Waals surface area contributed by atoms with Gasteiger partial charge in [0.25, 0.3) is 0 Å². The molecule has 1 heterocycles. The first-order valence-electron chi connectivity index (χ1n) is 6.30. The number of ether oxygens (including phenoxy) is 1. The van der Waals surface area contributed by atoms with E-state index >= 15 is 0 Å². The van der Waals surface area contributed by atoms with Crippen molar-refractivity contribution < 1.29 is 4.74 Å². The van der Waals surface area contributed by atoms with Crippen molar-refractivity contribution in [3.8, 4) is 0 Å². The summed E-state index contributed by atoms with van der Waals surface area (Å²) in [5.74, 6) is 0. The molecule has 1 atom stereocenters. The number of piperidine rings is 1. The molecule has 0 spiro atoms. The molecule has 1 aliphatic heterocycles. The number of halogens is 1. The first-order chi connectivity index (χ1) is 8.31. The van der Waals surface area contributed by atoms with Crippen molar-refractivity contribution in [1.82, 2.24) is 5.32 Å². The van der Waals surface area contributed by atoms with Crippen LogP contribution in [0, 0.1) is 0 Å². The maximum absolute atomic E-state index is 5.27. The third-order valence-corrected chi connectivity index (χ3v) is 4.12. The number of benzene rings is 1. The van der Waals surface area contributed by atoms with Crippen molar-refractivity contribution in [3.63, 3.8) is 0 Å². The molecule has 1 fully saturated rings. The van der Waals surface area contributed by atoms with Crippen LogP contribution in [-0.2, 0) is 17.8 Å². The molecule has 1 aromatic rings. The third-order valence-electron chi connectivity index (χ3n) is 3.38. The van der Waals surface area contributed by atoms with E-state index in [0.29, 0.717) is 12.6 Å². The average Bonchev–Trinajstić information content (AvgIpc) is 2.35. The van der Waals surface area contributed by atoms with Gasteiger partial charge < -0.3 is 10.1 Å². The second-order valence-corrected chi connectivity index (χ2v) is 5.52. The highest BCUT2D eigenvalue weighted by Gasteiger charge is 2.16. The van der Waals surface area contributed by atoms with E-state index in [0.717, 1.165) is 13.0 Å². The molecule has 3 heteroatoms. The SMILES string of the molecule is COCc1cccc(Br)c1CC1CCCCN1. The Hall–Kier alpha value is -0.380. The summed E-state index contributed by atoms with van der Waals surface area (Å²) >= 11 is 3.66. The molecular weight excluding hydrogens is 278 g/mol. The summed E-state index contributed by atoms with van der Waals surface area (Å²) in [7, 11) is 1.75. The minimum atomic E-state index is 0.623. The topological polar surface area (TPSA) is 21.3 Å². The molecule has 2 rings (SSSR count). The molecular formula is C14H20BrNO. The zero-order valence-corrected chi connectivity index (χ0v) is 11.9. The summed E-state index contributed by atoms with van der Waals surface area (Å²) in [5, 5.41) is 3.60. The summed E-state index contributed by atoms with van der Waals surface area (Å²) in [6, 6.07) is 6.98. The molecule has 0 amide bonds. The van der Waals surface area contributed by atoms with Crippen LogP contribution in [0.5, 0.6) is 0 Å². The number of rotatable bonds is 4. The fourth-order valence-corrected chi connectivity index (χ4v) is 3.04. The van der Waals surface area contributed by atoms with Crippen molar-refractivity contribution in [1.29, 1.82) is 0 Å². The average molecular weight is 298 g/mol. The lowest BCUT2D eigenvalue weighted by molar-refractivity contribution is 0.184. The number of nitrogens with one attached hydrogen (secondary N) is 1. The predicted molar refractivity (Wildman–Crippen MR) is 74.2 cm³/mol. The molecule has 2 nitrogen and oxygen atoms in total. The maximum atomic E-state index is 5.27. The molecule has 17 heavy (non-hydrogen) atoms. The van der Waals surface area contributed by atoms with Crippen LogP contribution in [0.1, 0.15) is 30.4 Å². The molecule has 1 saturated heterocycles. The Bertz CT molecular complexity index is 361. The first-order valence-corrected chi connectivity index (χ1v) is 7.09. The normalized spacial score (nSPS) is 20.5. The zero-order valence-electron chi connectivity index (χ0n) is 10.3. The molecule has 0 aliphatic carbocycles. The predicted octanol–water partition coefficient (Wildman–Crippen LogP) is 3.28. The summed E-state index contributed by atoms with van der Waals surface area (Å²) in [4.78, 5) is 0. The monoisotopic (exact) mass is 297 g/mol. The largest absolute Gasteiger partial charge is 0.380 e. The highest BCUT2D eigenvalue weighted by atomic mass is 79.9. The Morgan fingerprint density at radius 3 is 3.00 bits per heavy atom. The van der Waals surface area contributed by atoms with Gasteiger partial charge in [0.2, 0.25) is 0 Å². The van der Waals surface area contributed by atoms with E-state index in [1.807, 2.05) is 0 Å². The number of hydrogen-bond donors (Lipinski definition) is 1. The standard InChI is InChI=1S/C14H20BrNO/c1-17-10-11-5-4-7-14(15)13(11)9-12-6-2-3-8-16-12/h4-5,7,12,16H,2-3,6,8-10H2,1H3. The molecule has 0 bridgehead atoms. The third kappa shape index (κ3) is 3.54. The Morgan fingerprint density at radius 1 is 1.41 bits per heavy atom. The number of methoxy groups -OCH3 is 1. The smallest absolute Gasteiger partial charge is 0.0716 e. The highest BCUT2D eigenvalue weighted by molar-refractivity contribution is 9.10. The second kappa shape index (κ2) is 6.53. The van der Waals surface area contributed by atoms with Crippen LogP contribution in [0.4, 0.5) is 0 Å². The van der Waals surface area contributed by atoms with E-state index in [9.17, 15) is 0 Å². The van der Waals surface area contributed by atoms with Crippen molar-refractivity contribution in [2.75, 3.05) is 13.7 Å². The van der Waals surface area contributed by atoms with E-state index in [2.05, 4.69) is 39.4 Å². The molecule has 0 aromatic heterocycles. The van der Waals surface area contributed by atoms with Gasteiger partial charge in [-0.3, -0.25) is 0 Å². The van der Waals surface area contributed by atoms with E-state index in [1.54, 1.807) is 7.11 Å². The van der Waals surface area contributed by atoms with Crippen LogP contribution in [0.3, 0.4) is 0 Å². The van der Waals surface area contributed by atoms with Crippen LogP contribution in [-0.4, -0.2) is 19.7 Å². The molecule has 94 valence electrons. The van der Waals surface area contributed by atoms with Crippen molar-refractivity contribution >= 4 is 15.9 Å². The fourth-order valence-electron chi connectivity index (χ4n) is 2.47. The van der Waals surface area contributed by atoms with Gasteiger partial charge in [0.05, 0.1) is 6.61 Å². The highest BCUT2D eigenvalue weighted by Crippen LogP contribution is 2.24. The zero-order chi connectivity index (χ0) is 12.1. The first kappa shape index (κ1) is 13.1. The second-order valence-electron chi connectivity index (χ2n) is 4.66. The van der Waals surface area contributed by atoms with Gasteiger partial charge in [-0.25, -0.2) is 0 Å². The van der Waals surface area contributed by atoms with E-state index in [-0.39, 0.29) is 0 Å². The van der Waals surface area contributed by atoms with Gasteiger partial charge in [0, 0.05) is 17.6 Å². The van der Waals surface area contributed by atoms with Gasteiger partial charge >= 0.3 is 0 Å². The van der Waals surface area contributed by atoms with Gasteiger partial charge in [0.1, 0.15) is 0 Å². The van der Waals surface area contributed by atoms with Crippen molar-refractivity contribution in [2.45, 2.75) is 38.3 Å². The van der Waals surface area contributed by atoms with Crippen LogP contribution >= 0.6 is 15.9 Å². The Morgan fingerprint density at radius 2 is 2.29 bits per heavy atom. The lowest BCUT2D eigenvalue weighted by Crippen LogP contribution is -2.35. The lowest BCUT2D eigenvalue weighted by Gasteiger charge is -2.25. The van der Waals surface area contributed by atoms with E-state index < -0.39 is 0 Å². The summed E-state index contributed by atoms with van der Waals surface area (Å²) in [6.07, 6.45) is 5.05. The summed E-state index contributed by atoms with van der Waals surface area (Å²) in [6.45, 7) is 1.86. The quantitative estimate of drug-likeness (QED) is 0.921. The van der Waals surface area contributed by atoms with Crippen LogP contribution in [0.25, 0.3) is 0 Å². The Kier molecular flexibility index (Phi) is 5.01. The maximum Gasteiger partial charge on any atom is 0.0716 e. The Labute approximate surface area is 112 Å². The summed E-state index contributed by atoms with van der Waals surface area (Å²) < 4.78 is 6.48.